The first-order valence-corrected chi connectivity index (χ1v) is 9.56. The zero-order valence-electron chi connectivity index (χ0n) is 12.1. The van der Waals surface area contributed by atoms with E-state index >= 15 is 0 Å². The van der Waals surface area contributed by atoms with Gasteiger partial charge in [0, 0.05) is 18.8 Å². The summed E-state index contributed by atoms with van der Waals surface area (Å²) in [5.41, 5.74) is 0.747. The normalized spacial score (nSPS) is 19.8. The van der Waals surface area contributed by atoms with Crippen molar-refractivity contribution in [2.75, 3.05) is 13.2 Å². The molecule has 0 heterocycles. The molecule has 2 nitrogen and oxygen atoms in total. The van der Waals surface area contributed by atoms with Crippen LogP contribution in [-0.2, 0) is 8.85 Å². The smallest absolute Gasteiger partial charge is 0.341 e. The van der Waals surface area contributed by atoms with Gasteiger partial charge in [-0.2, -0.15) is 0 Å². The van der Waals surface area contributed by atoms with E-state index in [2.05, 4.69) is 27.7 Å². The summed E-state index contributed by atoms with van der Waals surface area (Å²) in [4.78, 5) is 0. The summed E-state index contributed by atoms with van der Waals surface area (Å²) >= 11 is 0. The summed E-state index contributed by atoms with van der Waals surface area (Å²) in [6, 6.07) is 1.19. The first kappa shape index (κ1) is 15.2. The van der Waals surface area contributed by atoms with E-state index in [1.807, 2.05) is 0 Å². The van der Waals surface area contributed by atoms with E-state index in [9.17, 15) is 0 Å². The maximum atomic E-state index is 6.24. The van der Waals surface area contributed by atoms with E-state index in [1.54, 1.807) is 0 Å². The highest BCUT2D eigenvalue weighted by Crippen LogP contribution is 2.43. The third-order valence-electron chi connectivity index (χ3n) is 4.08. The third kappa shape index (κ3) is 4.07. The minimum absolute atomic E-state index is 0.736. The Kier molecular flexibility index (Phi) is 6.74. The highest BCUT2D eigenvalue weighted by Gasteiger charge is 2.47. The molecule has 102 valence electrons. The second kappa shape index (κ2) is 7.55. The van der Waals surface area contributed by atoms with Crippen molar-refractivity contribution in [2.24, 2.45) is 5.92 Å². The fourth-order valence-corrected chi connectivity index (χ4v) is 7.70. The van der Waals surface area contributed by atoms with Crippen molar-refractivity contribution >= 4 is 8.56 Å². The van der Waals surface area contributed by atoms with Gasteiger partial charge in [0.05, 0.1) is 0 Å². The average Bonchev–Trinajstić information content (AvgIpc) is 2.83. The molecule has 3 heteroatoms. The second-order valence-electron chi connectivity index (χ2n) is 5.38. The van der Waals surface area contributed by atoms with Crippen LogP contribution in [0.1, 0.15) is 59.8 Å². The lowest BCUT2D eigenvalue weighted by molar-refractivity contribution is 0.166. The van der Waals surface area contributed by atoms with Crippen LogP contribution in [0.4, 0.5) is 0 Å². The van der Waals surface area contributed by atoms with Crippen molar-refractivity contribution in [1.29, 1.82) is 0 Å². The van der Waals surface area contributed by atoms with E-state index in [0.717, 1.165) is 24.7 Å². The lowest BCUT2D eigenvalue weighted by Crippen LogP contribution is -2.47. The molecule has 0 aromatic rings. The first-order chi connectivity index (χ1) is 8.18. The standard InChI is InChI=1S/C14H30O2Si/c1-5-13(4)12-17(15-6-2,16-7-3)14-10-8-9-11-14/h13-14H,5-12H2,1-4H3. The molecule has 1 saturated carbocycles. The van der Waals surface area contributed by atoms with Gasteiger partial charge in [-0.05, 0) is 38.7 Å². The largest absolute Gasteiger partial charge is 0.394 e. The van der Waals surface area contributed by atoms with Crippen molar-refractivity contribution in [3.05, 3.63) is 0 Å². The van der Waals surface area contributed by atoms with Crippen LogP contribution in [0.2, 0.25) is 11.6 Å². The molecule has 0 saturated heterocycles. The molecule has 1 fully saturated rings. The molecule has 0 aromatic carbocycles. The highest BCUT2D eigenvalue weighted by molar-refractivity contribution is 6.69. The van der Waals surface area contributed by atoms with Crippen molar-refractivity contribution in [3.8, 4) is 0 Å². The molecular formula is C14H30O2Si. The van der Waals surface area contributed by atoms with Gasteiger partial charge in [-0.15, -0.1) is 0 Å². The Morgan fingerprint density at radius 2 is 1.59 bits per heavy atom. The number of hydrogen-bond donors (Lipinski definition) is 0. The van der Waals surface area contributed by atoms with Gasteiger partial charge in [0.1, 0.15) is 0 Å². The monoisotopic (exact) mass is 258 g/mol. The Balaban J connectivity index is 2.76. The zero-order chi connectivity index (χ0) is 12.7. The van der Waals surface area contributed by atoms with Crippen molar-refractivity contribution < 1.29 is 8.85 Å². The SMILES string of the molecule is CCO[Si](CC(C)CC)(OCC)C1CCCC1. The molecule has 1 atom stereocenters. The molecule has 0 bridgehead atoms. The zero-order valence-corrected chi connectivity index (χ0v) is 13.1. The Morgan fingerprint density at radius 1 is 1.06 bits per heavy atom. The summed E-state index contributed by atoms with van der Waals surface area (Å²) in [7, 11) is -1.95. The fourth-order valence-electron chi connectivity index (χ4n) is 3.05. The second-order valence-corrected chi connectivity index (χ2v) is 8.80. The maximum Gasteiger partial charge on any atom is 0.341 e. The van der Waals surface area contributed by atoms with Crippen LogP contribution in [-0.4, -0.2) is 21.8 Å². The van der Waals surface area contributed by atoms with Crippen LogP contribution in [0.15, 0.2) is 0 Å². The van der Waals surface area contributed by atoms with Gasteiger partial charge < -0.3 is 8.85 Å². The van der Waals surface area contributed by atoms with Gasteiger partial charge in [-0.1, -0.05) is 33.1 Å². The number of hydrogen-bond acceptors (Lipinski definition) is 2. The summed E-state index contributed by atoms with van der Waals surface area (Å²) in [5.74, 6) is 0.736. The van der Waals surface area contributed by atoms with E-state index in [4.69, 9.17) is 8.85 Å². The van der Waals surface area contributed by atoms with Crippen LogP contribution < -0.4 is 0 Å². The quantitative estimate of drug-likeness (QED) is 0.597. The van der Waals surface area contributed by atoms with Crippen LogP contribution in [0, 0.1) is 5.92 Å². The van der Waals surface area contributed by atoms with E-state index < -0.39 is 8.56 Å². The third-order valence-corrected chi connectivity index (χ3v) is 8.73. The minimum atomic E-state index is -1.95. The van der Waals surface area contributed by atoms with Crippen LogP contribution in [0.5, 0.6) is 0 Å². The van der Waals surface area contributed by atoms with Gasteiger partial charge >= 0.3 is 8.56 Å². The Hall–Kier alpha value is 0.137. The molecule has 0 aliphatic heterocycles. The average molecular weight is 258 g/mol. The number of rotatable bonds is 8. The van der Waals surface area contributed by atoms with Crippen molar-refractivity contribution in [3.63, 3.8) is 0 Å². The maximum absolute atomic E-state index is 6.24. The molecule has 0 aromatic heterocycles. The highest BCUT2D eigenvalue weighted by atomic mass is 28.4. The van der Waals surface area contributed by atoms with Gasteiger partial charge in [0.25, 0.3) is 0 Å². The first-order valence-electron chi connectivity index (χ1n) is 7.46. The van der Waals surface area contributed by atoms with E-state index in [0.29, 0.717) is 0 Å². The minimum Gasteiger partial charge on any atom is -0.394 e. The van der Waals surface area contributed by atoms with Gasteiger partial charge in [-0.3, -0.25) is 0 Å². The predicted molar refractivity (Wildman–Crippen MR) is 75.5 cm³/mol. The topological polar surface area (TPSA) is 18.5 Å². The molecule has 1 aliphatic rings. The predicted octanol–water partition coefficient (Wildman–Crippen LogP) is 4.49. The van der Waals surface area contributed by atoms with Gasteiger partial charge in [-0.25, -0.2) is 0 Å². The van der Waals surface area contributed by atoms with Crippen LogP contribution >= 0.6 is 0 Å². The molecule has 1 unspecified atom stereocenters. The Labute approximate surface area is 108 Å². The summed E-state index contributed by atoms with van der Waals surface area (Å²) in [6.07, 6.45) is 6.66. The molecule has 0 radical (unpaired) electrons. The van der Waals surface area contributed by atoms with Gasteiger partial charge in [0.2, 0.25) is 0 Å². The fraction of sp³-hybridized carbons (Fsp3) is 1.00. The molecule has 1 aliphatic carbocycles. The Morgan fingerprint density at radius 3 is 2.00 bits per heavy atom. The Bertz CT molecular complexity index is 196. The molecule has 17 heavy (non-hydrogen) atoms. The summed E-state index contributed by atoms with van der Waals surface area (Å²) < 4.78 is 12.5. The lowest BCUT2D eigenvalue weighted by Gasteiger charge is -2.37. The van der Waals surface area contributed by atoms with Crippen molar-refractivity contribution in [1.82, 2.24) is 0 Å². The molecular weight excluding hydrogens is 228 g/mol. The van der Waals surface area contributed by atoms with E-state index in [-0.39, 0.29) is 0 Å². The summed E-state index contributed by atoms with van der Waals surface area (Å²) in [6.45, 7) is 10.5. The van der Waals surface area contributed by atoms with Crippen LogP contribution in [0.25, 0.3) is 0 Å². The van der Waals surface area contributed by atoms with Gasteiger partial charge in [0.15, 0.2) is 0 Å². The summed E-state index contributed by atoms with van der Waals surface area (Å²) in [5, 5.41) is 0. The van der Waals surface area contributed by atoms with E-state index in [1.165, 1.54) is 38.1 Å². The molecule has 0 spiro atoms. The molecule has 0 N–H and O–H groups in total. The molecule has 1 rings (SSSR count). The van der Waals surface area contributed by atoms with Crippen LogP contribution in [0.3, 0.4) is 0 Å². The molecule has 0 amide bonds. The lowest BCUT2D eigenvalue weighted by atomic mass is 10.2. The van der Waals surface area contributed by atoms with Crippen molar-refractivity contribution in [2.45, 2.75) is 71.4 Å².